The van der Waals surface area contributed by atoms with Crippen LogP contribution in [0.5, 0.6) is 17.2 Å². The van der Waals surface area contributed by atoms with Crippen molar-refractivity contribution in [2.24, 2.45) is 0 Å². The Balaban J connectivity index is 1.58. The van der Waals surface area contributed by atoms with Crippen molar-refractivity contribution < 1.29 is 23.5 Å². The normalized spacial score (nSPS) is 10.7. The Hall–Kier alpha value is -3.55. The smallest absolute Gasteiger partial charge is 0.258 e. The van der Waals surface area contributed by atoms with Crippen LogP contribution in [0, 0.1) is 0 Å². The first kappa shape index (κ1) is 21.2. The maximum Gasteiger partial charge on any atom is 0.258 e. The molecule has 0 unspecified atom stereocenters. The third-order valence-corrected chi connectivity index (χ3v) is 4.45. The monoisotopic (exact) mass is 411 g/mol. The van der Waals surface area contributed by atoms with Crippen molar-refractivity contribution in [3.8, 4) is 28.6 Å². The van der Waals surface area contributed by atoms with Crippen molar-refractivity contribution in [1.82, 2.24) is 15.5 Å². The summed E-state index contributed by atoms with van der Waals surface area (Å²) in [7, 11) is 3.13. The molecule has 0 aliphatic rings. The Morgan fingerprint density at radius 3 is 2.63 bits per heavy atom. The highest BCUT2D eigenvalue weighted by atomic mass is 16.5. The first-order valence-corrected chi connectivity index (χ1v) is 9.55. The molecule has 3 aromatic rings. The van der Waals surface area contributed by atoms with Gasteiger partial charge in [-0.2, -0.15) is 4.98 Å². The molecule has 1 aromatic heterocycles. The summed E-state index contributed by atoms with van der Waals surface area (Å²) in [6, 6.07) is 13.0. The molecule has 1 heterocycles. The molecule has 0 atom stereocenters. The van der Waals surface area contributed by atoms with Gasteiger partial charge < -0.3 is 24.1 Å². The second-order valence-electron chi connectivity index (χ2n) is 6.84. The Kier molecular flexibility index (Phi) is 6.90. The van der Waals surface area contributed by atoms with E-state index in [4.69, 9.17) is 18.7 Å². The lowest BCUT2D eigenvalue weighted by Crippen LogP contribution is -2.28. The topological polar surface area (TPSA) is 95.7 Å². The van der Waals surface area contributed by atoms with E-state index < -0.39 is 0 Å². The van der Waals surface area contributed by atoms with Gasteiger partial charge in [0.1, 0.15) is 17.2 Å². The summed E-state index contributed by atoms with van der Waals surface area (Å²) in [5, 5.41) is 6.68. The predicted octanol–water partition coefficient (Wildman–Crippen LogP) is 3.57. The van der Waals surface area contributed by atoms with Crippen LogP contribution in [0.15, 0.2) is 47.0 Å². The molecular weight excluding hydrogens is 386 g/mol. The van der Waals surface area contributed by atoms with Crippen LogP contribution in [0.25, 0.3) is 11.4 Å². The number of aromatic nitrogens is 2. The number of para-hydroxylation sites is 1. The summed E-state index contributed by atoms with van der Waals surface area (Å²) in [5.74, 6) is 2.58. The van der Waals surface area contributed by atoms with E-state index in [1.54, 1.807) is 32.4 Å². The van der Waals surface area contributed by atoms with Crippen molar-refractivity contribution in [3.63, 3.8) is 0 Å². The lowest BCUT2D eigenvalue weighted by Gasteiger charge is -2.13. The highest BCUT2D eigenvalue weighted by Crippen LogP contribution is 2.31. The van der Waals surface area contributed by atoms with E-state index >= 15 is 0 Å². The number of hydrogen-bond acceptors (Lipinski definition) is 7. The fourth-order valence-corrected chi connectivity index (χ4v) is 2.88. The van der Waals surface area contributed by atoms with E-state index in [0.717, 1.165) is 5.56 Å². The number of amides is 1. The van der Waals surface area contributed by atoms with Crippen molar-refractivity contribution in [1.29, 1.82) is 0 Å². The Bertz CT molecular complexity index is 1000. The highest BCUT2D eigenvalue weighted by molar-refractivity contribution is 5.77. The van der Waals surface area contributed by atoms with Crippen LogP contribution >= 0.6 is 0 Å². The average Bonchev–Trinajstić information content (AvgIpc) is 3.24. The first-order chi connectivity index (χ1) is 14.5. The number of hydrogen-bond donors (Lipinski definition) is 1. The van der Waals surface area contributed by atoms with E-state index in [1.165, 1.54) is 0 Å². The molecule has 30 heavy (non-hydrogen) atoms. The summed E-state index contributed by atoms with van der Waals surface area (Å²) in [4.78, 5) is 16.5. The standard InChI is InChI=1S/C22H25N3O5/c1-14(2)16-7-5-6-8-18(16)29-13-20(26)23-12-21-24-22(25-30-21)17-10-9-15(27-3)11-19(17)28-4/h5-11,14H,12-13H2,1-4H3,(H,23,26). The van der Waals surface area contributed by atoms with Crippen LogP contribution < -0.4 is 19.5 Å². The van der Waals surface area contributed by atoms with E-state index in [0.29, 0.717) is 34.6 Å². The summed E-state index contributed by atoms with van der Waals surface area (Å²) in [5.41, 5.74) is 1.72. The number of rotatable bonds is 9. The molecule has 3 rings (SSSR count). The lowest BCUT2D eigenvalue weighted by molar-refractivity contribution is -0.123. The summed E-state index contributed by atoms with van der Waals surface area (Å²) in [6.07, 6.45) is 0. The number of carbonyl (C=O) groups excluding carboxylic acids is 1. The second-order valence-corrected chi connectivity index (χ2v) is 6.84. The van der Waals surface area contributed by atoms with E-state index in [1.807, 2.05) is 24.3 Å². The quantitative estimate of drug-likeness (QED) is 0.575. The van der Waals surface area contributed by atoms with Crippen LogP contribution in [-0.4, -0.2) is 36.9 Å². The van der Waals surface area contributed by atoms with Gasteiger partial charge in [-0.15, -0.1) is 0 Å². The number of carbonyl (C=O) groups is 1. The molecule has 2 aromatic carbocycles. The largest absolute Gasteiger partial charge is 0.497 e. The third kappa shape index (κ3) is 5.08. The van der Waals surface area contributed by atoms with Crippen LogP contribution in [0.3, 0.4) is 0 Å². The minimum atomic E-state index is -0.282. The van der Waals surface area contributed by atoms with Gasteiger partial charge in [-0.3, -0.25) is 4.79 Å². The van der Waals surface area contributed by atoms with Gasteiger partial charge in [0.05, 0.1) is 26.3 Å². The number of nitrogens with zero attached hydrogens (tertiary/aromatic N) is 2. The van der Waals surface area contributed by atoms with Gasteiger partial charge in [-0.25, -0.2) is 0 Å². The molecule has 0 aliphatic heterocycles. The number of methoxy groups -OCH3 is 2. The van der Waals surface area contributed by atoms with Crippen molar-refractivity contribution in [2.75, 3.05) is 20.8 Å². The van der Waals surface area contributed by atoms with Gasteiger partial charge in [0.25, 0.3) is 5.91 Å². The molecule has 0 radical (unpaired) electrons. The van der Waals surface area contributed by atoms with Gasteiger partial charge in [-0.1, -0.05) is 37.2 Å². The zero-order valence-electron chi connectivity index (χ0n) is 17.5. The molecule has 0 saturated carbocycles. The van der Waals surface area contributed by atoms with Crippen molar-refractivity contribution in [2.45, 2.75) is 26.3 Å². The maximum atomic E-state index is 12.2. The molecule has 8 nitrogen and oxygen atoms in total. The van der Waals surface area contributed by atoms with E-state index in [-0.39, 0.29) is 24.9 Å². The molecule has 1 amide bonds. The maximum absolute atomic E-state index is 12.2. The second kappa shape index (κ2) is 9.78. The van der Waals surface area contributed by atoms with Crippen LogP contribution in [0.1, 0.15) is 31.2 Å². The fraction of sp³-hybridized carbons (Fsp3) is 0.318. The van der Waals surface area contributed by atoms with Gasteiger partial charge in [0.15, 0.2) is 6.61 Å². The van der Waals surface area contributed by atoms with Crippen LogP contribution in [-0.2, 0) is 11.3 Å². The lowest BCUT2D eigenvalue weighted by atomic mass is 10.0. The fourth-order valence-electron chi connectivity index (χ4n) is 2.88. The molecular formula is C22H25N3O5. The van der Waals surface area contributed by atoms with E-state index in [9.17, 15) is 4.79 Å². The molecule has 8 heteroatoms. The molecule has 0 bridgehead atoms. The summed E-state index contributed by atoms with van der Waals surface area (Å²) < 4.78 is 21.5. The predicted molar refractivity (Wildman–Crippen MR) is 111 cm³/mol. The minimum absolute atomic E-state index is 0.0967. The van der Waals surface area contributed by atoms with Crippen molar-refractivity contribution >= 4 is 5.91 Å². The number of ether oxygens (including phenoxy) is 3. The van der Waals surface area contributed by atoms with Crippen LogP contribution in [0.2, 0.25) is 0 Å². The number of benzene rings is 2. The molecule has 0 fully saturated rings. The highest BCUT2D eigenvalue weighted by Gasteiger charge is 2.15. The first-order valence-electron chi connectivity index (χ1n) is 9.55. The third-order valence-electron chi connectivity index (χ3n) is 4.45. The van der Waals surface area contributed by atoms with Gasteiger partial charge in [0.2, 0.25) is 11.7 Å². The molecule has 0 saturated heterocycles. The molecule has 0 aliphatic carbocycles. The van der Waals surface area contributed by atoms with E-state index in [2.05, 4.69) is 29.3 Å². The molecule has 158 valence electrons. The summed E-state index contributed by atoms with van der Waals surface area (Å²) >= 11 is 0. The van der Waals surface area contributed by atoms with Gasteiger partial charge >= 0.3 is 0 Å². The zero-order chi connectivity index (χ0) is 21.5. The van der Waals surface area contributed by atoms with Gasteiger partial charge in [0, 0.05) is 6.07 Å². The average molecular weight is 411 g/mol. The SMILES string of the molecule is COc1ccc(-c2noc(CNC(=O)COc3ccccc3C(C)C)n2)c(OC)c1. The van der Waals surface area contributed by atoms with Crippen molar-refractivity contribution in [3.05, 3.63) is 53.9 Å². The molecule has 1 N–H and O–H groups in total. The van der Waals surface area contributed by atoms with Gasteiger partial charge in [-0.05, 0) is 29.7 Å². The minimum Gasteiger partial charge on any atom is -0.497 e. The number of nitrogens with one attached hydrogen (secondary N) is 1. The Labute approximate surface area is 175 Å². The zero-order valence-corrected chi connectivity index (χ0v) is 17.5. The van der Waals surface area contributed by atoms with Crippen LogP contribution in [0.4, 0.5) is 0 Å². The Morgan fingerprint density at radius 1 is 1.10 bits per heavy atom. The molecule has 0 spiro atoms. The Morgan fingerprint density at radius 2 is 1.90 bits per heavy atom. The summed E-state index contributed by atoms with van der Waals surface area (Å²) in [6.45, 7) is 4.15.